The van der Waals surface area contributed by atoms with E-state index in [1.807, 2.05) is 30.3 Å². The molecule has 0 radical (unpaired) electrons. The summed E-state index contributed by atoms with van der Waals surface area (Å²) in [5, 5.41) is 8.08. The Morgan fingerprint density at radius 1 is 1.05 bits per heavy atom. The number of nitrogens with one attached hydrogen (secondary N) is 1. The Kier molecular flexibility index (Phi) is 2.82. The summed E-state index contributed by atoms with van der Waals surface area (Å²) in [5.74, 6) is 0.410. The summed E-state index contributed by atoms with van der Waals surface area (Å²) in [6, 6.07) is 13.0. The fourth-order valence-corrected chi connectivity index (χ4v) is 2.26. The molecule has 3 heterocycles. The summed E-state index contributed by atoms with van der Waals surface area (Å²) in [6.45, 7) is 0.340. The van der Waals surface area contributed by atoms with Crippen LogP contribution in [0.1, 0.15) is 5.89 Å². The smallest absolute Gasteiger partial charge is 0.416 e. The van der Waals surface area contributed by atoms with E-state index in [2.05, 4.69) is 15.2 Å². The van der Waals surface area contributed by atoms with Crippen LogP contribution in [0, 0.1) is 0 Å². The minimum absolute atomic E-state index is 0.340. The van der Waals surface area contributed by atoms with Crippen LogP contribution in [0.3, 0.4) is 0 Å². The topological polar surface area (TPSA) is 88.8 Å². The third kappa shape index (κ3) is 2.18. The maximum absolute atomic E-state index is 11.3. The molecule has 0 saturated carbocycles. The van der Waals surface area contributed by atoms with Gasteiger partial charge in [0.15, 0.2) is 6.54 Å². The molecule has 0 fully saturated rings. The Morgan fingerprint density at radius 3 is 2.77 bits per heavy atom. The van der Waals surface area contributed by atoms with Crippen molar-refractivity contribution in [3.8, 4) is 11.5 Å². The summed E-state index contributed by atoms with van der Waals surface area (Å²) in [6.07, 6.45) is 1.81. The lowest BCUT2D eigenvalue weighted by atomic mass is 10.2. The molecule has 0 bridgehead atoms. The molecule has 4 rings (SSSR count). The van der Waals surface area contributed by atoms with Crippen molar-refractivity contribution >= 4 is 11.2 Å². The maximum Gasteiger partial charge on any atom is 0.510 e. The molecule has 0 amide bonds. The van der Waals surface area contributed by atoms with Crippen molar-refractivity contribution in [1.82, 2.24) is 15.2 Å². The Hall–Kier alpha value is -3.22. The molecule has 0 spiro atoms. The van der Waals surface area contributed by atoms with E-state index in [9.17, 15) is 4.79 Å². The van der Waals surface area contributed by atoms with E-state index < -0.39 is 5.76 Å². The second-order valence-electron chi connectivity index (χ2n) is 4.73. The van der Waals surface area contributed by atoms with Crippen molar-refractivity contribution in [3.63, 3.8) is 0 Å². The molecule has 7 nitrogen and oxygen atoms in total. The standard InChI is InChI=1S/C15H10N4O3/c20-15-16-13-11(21-15)7-4-8-19(13)9-12-17-18-14(22-12)10-5-2-1-3-6-10/h1-8H,9H2/p+1. The minimum Gasteiger partial charge on any atom is -0.416 e. The van der Waals surface area contributed by atoms with E-state index in [-0.39, 0.29) is 0 Å². The van der Waals surface area contributed by atoms with Gasteiger partial charge in [0.25, 0.3) is 5.89 Å². The van der Waals surface area contributed by atoms with E-state index in [0.717, 1.165) is 5.56 Å². The number of rotatable bonds is 3. The average Bonchev–Trinajstić information content (AvgIpc) is 3.14. The minimum atomic E-state index is -0.495. The second kappa shape index (κ2) is 4.96. The van der Waals surface area contributed by atoms with Crippen molar-refractivity contribution in [2.75, 3.05) is 0 Å². The quantitative estimate of drug-likeness (QED) is 0.579. The van der Waals surface area contributed by atoms with E-state index in [0.29, 0.717) is 29.6 Å². The van der Waals surface area contributed by atoms with E-state index in [4.69, 9.17) is 8.83 Å². The van der Waals surface area contributed by atoms with Crippen molar-refractivity contribution in [2.24, 2.45) is 0 Å². The van der Waals surface area contributed by atoms with Crippen LogP contribution in [-0.2, 0) is 6.54 Å². The number of hydrogen-bond donors (Lipinski definition) is 1. The highest BCUT2D eigenvalue weighted by Crippen LogP contribution is 2.16. The fraction of sp³-hybridized carbons (Fsp3) is 0.0667. The van der Waals surface area contributed by atoms with Crippen molar-refractivity contribution in [3.05, 3.63) is 65.1 Å². The number of benzene rings is 1. The van der Waals surface area contributed by atoms with Crippen LogP contribution in [0.15, 0.2) is 62.3 Å². The predicted molar refractivity (Wildman–Crippen MR) is 75.9 cm³/mol. The molecule has 22 heavy (non-hydrogen) atoms. The Labute approximate surface area is 123 Å². The molecular weight excluding hydrogens is 284 g/mol. The lowest BCUT2D eigenvalue weighted by Crippen LogP contribution is -2.35. The Bertz CT molecular complexity index is 985. The van der Waals surface area contributed by atoms with Gasteiger partial charge >= 0.3 is 11.4 Å². The molecule has 0 aliphatic rings. The number of nitrogens with zero attached hydrogens (tertiary/aromatic N) is 3. The molecule has 1 aromatic carbocycles. The molecule has 0 unspecified atom stereocenters. The first-order valence-corrected chi connectivity index (χ1v) is 6.69. The van der Waals surface area contributed by atoms with E-state index in [1.165, 1.54) is 0 Å². The molecular formula is C15H11N4O3+. The fourth-order valence-electron chi connectivity index (χ4n) is 2.26. The van der Waals surface area contributed by atoms with Crippen LogP contribution >= 0.6 is 0 Å². The van der Waals surface area contributed by atoms with E-state index in [1.54, 1.807) is 22.9 Å². The molecule has 1 N–H and O–H groups in total. The molecule has 3 aromatic heterocycles. The maximum atomic E-state index is 11.3. The summed E-state index contributed by atoms with van der Waals surface area (Å²) in [7, 11) is 0. The Morgan fingerprint density at radius 2 is 1.91 bits per heavy atom. The Balaban J connectivity index is 1.69. The third-order valence-electron chi connectivity index (χ3n) is 3.25. The number of aromatic nitrogens is 4. The van der Waals surface area contributed by atoms with Crippen molar-refractivity contribution in [1.29, 1.82) is 0 Å². The van der Waals surface area contributed by atoms with Gasteiger partial charge in [-0.1, -0.05) is 18.2 Å². The van der Waals surface area contributed by atoms with Gasteiger partial charge in [-0.3, -0.25) is 0 Å². The number of pyridine rings is 1. The van der Waals surface area contributed by atoms with Crippen LogP contribution in [0.5, 0.6) is 0 Å². The molecule has 7 heteroatoms. The molecule has 4 aromatic rings. The SMILES string of the molecule is O=c1[nH]c2c(ccc[n+]2Cc2nnc(-c3ccccc3)o2)o1. The van der Waals surface area contributed by atoms with Gasteiger partial charge in [0.1, 0.15) is 0 Å². The highest BCUT2D eigenvalue weighted by atomic mass is 16.4. The normalized spacial score (nSPS) is 11.1. The molecule has 0 aliphatic heterocycles. The third-order valence-corrected chi connectivity index (χ3v) is 3.25. The number of oxazole rings is 1. The van der Waals surface area contributed by atoms with Crippen LogP contribution in [0.25, 0.3) is 22.7 Å². The zero-order valence-electron chi connectivity index (χ0n) is 11.4. The molecule has 0 saturated heterocycles. The van der Waals surface area contributed by atoms with Gasteiger partial charge in [0, 0.05) is 5.56 Å². The van der Waals surface area contributed by atoms with Gasteiger partial charge in [-0.2, -0.15) is 9.78 Å². The van der Waals surface area contributed by atoms with Gasteiger partial charge in [-0.25, -0.2) is 4.57 Å². The van der Waals surface area contributed by atoms with Crippen LogP contribution < -0.4 is 10.3 Å². The summed E-state index contributed by atoms with van der Waals surface area (Å²) >= 11 is 0. The first-order chi connectivity index (χ1) is 10.8. The van der Waals surface area contributed by atoms with Crippen LogP contribution in [0.2, 0.25) is 0 Å². The van der Waals surface area contributed by atoms with Gasteiger partial charge in [-0.05, 0) is 24.3 Å². The molecule has 0 atom stereocenters. The molecule has 108 valence electrons. The van der Waals surface area contributed by atoms with E-state index >= 15 is 0 Å². The van der Waals surface area contributed by atoms with Gasteiger partial charge in [0.2, 0.25) is 11.5 Å². The lowest BCUT2D eigenvalue weighted by molar-refractivity contribution is -0.666. The monoisotopic (exact) mass is 295 g/mol. The largest absolute Gasteiger partial charge is 0.510 e. The van der Waals surface area contributed by atoms with Gasteiger partial charge in [-0.15, -0.1) is 10.2 Å². The van der Waals surface area contributed by atoms with Crippen LogP contribution in [-0.4, -0.2) is 15.2 Å². The number of H-pyrrole nitrogens is 1. The van der Waals surface area contributed by atoms with Crippen LogP contribution in [0.4, 0.5) is 0 Å². The zero-order valence-corrected chi connectivity index (χ0v) is 11.4. The summed E-state index contributed by atoms with van der Waals surface area (Å²) < 4.78 is 12.5. The van der Waals surface area contributed by atoms with Gasteiger partial charge in [0.05, 0.1) is 6.20 Å². The number of aromatic amines is 1. The highest BCUT2D eigenvalue weighted by Gasteiger charge is 2.16. The first kappa shape index (κ1) is 12.5. The van der Waals surface area contributed by atoms with Crippen molar-refractivity contribution < 1.29 is 13.4 Å². The average molecular weight is 295 g/mol. The number of fused-ring (bicyclic) bond motifs is 1. The predicted octanol–water partition coefficient (Wildman–Crippen LogP) is 1.51. The highest BCUT2D eigenvalue weighted by molar-refractivity contribution is 5.62. The summed E-state index contributed by atoms with van der Waals surface area (Å²) in [4.78, 5) is 13.9. The lowest BCUT2D eigenvalue weighted by Gasteiger charge is -1.96. The van der Waals surface area contributed by atoms with Crippen molar-refractivity contribution in [2.45, 2.75) is 6.54 Å². The second-order valence-corrected chi connectivity index (χ2v) is 4.73. The first-order valence-electron chi connectivity index (χ1n) is 6.69. The van der Waals surface area contributed by atoms with Gasteiger partial charge < -0.3 is 8.83 Å². The molecule has 0 aliphatic carbocycles. The number of hydrogen-bond acceptors (Lipinski definition) is 5. The zero-order chi connectivity index (χ0) is 14.9. The summed E-state index contributed by atoms with van der Waals surface area (Å²) in [5.41, 5.74) is 1.92.